The van der Waals surface area contributed by atoms with Crippen LogP contribution in [0.1, 0.15) is 84.7 Å². The average Bonchev–Trinajstić information content (AvgIpc) is 4.05. The number of rotatable bonds is 20. The van der Waals surface area contributed by atoms with Crippen LogP contribution in [0.3, 0.4) is 0 Å². The third kappa shape index (κ3) is 14.0. The predicted molar refractivity (Wildman–Crippen MR) is 258 cm³/mol. The third-order valence-corrected chi connectivity index (χ3v) is 13.4. The molecule has 0 bridgehead atoms. The van der Waals surface area contributed by atoms with E-state index in [1.54, 1.807) is 83.4 Å². The smallest absolute Gasteiger partial charge is 0.272 e. The number of hydrogen-bond acceptors (Lipinski definition) is 9. The maximum atomic E-state index is 13.2. The summed E-state index contributed by atoms with van der Waals surface area (Å²) in [5.74, 6) is -2.68. The molecule has 0 fully saturated rings. The zero-order valence-electron chi connectivity index (χ0n) is 37.4. The van der Waals surface area contributed by atoms with E-state index in [2.05, 4.69) is 87.8 Å². The third-order valence-electron chi connectivity index (χ3n) is 10.2. The lowest BCUT2D eigenvalue weighted by Crippen LogP contribution is -2.37. The summed E-state index contributed by atoms with van der Waals surface area (Å²) in [5, 5.41) is 19.5. The van der Waals surface area contributed by atoms with Crippen LogP contribution in [0.15, 0.2) is 63.4 Å². The lowest BCUT2D eigenvalue weighted by atomic mass is 9.89. The number of carbonyl (C=O) groups is 7. The minimum absolute atomic E-state index is 0.00168. The summed E-state index contributed by atoms with van der Waals surface area (Å²) in [6.07, 6.45) is 7.35. The van der Waals surface area contributed by atoms with Gasteiger partial charge in [0.15, 0.2) is 0 Å². The first-order valence-corrected chi connectivity index (χ1v) is 22.8. The second-order valence-corrected chi connectivity index (χ2v) is 19.8. The van der Waals surface area contributed by atoms with Gasteiger partial charge in [-0.05, 0) is 94.7 Å². The number of amides is 7. The molecule has 0 radical (unpaired) electrons. The number of thiophene rings is 1. The molecule has 0 saturated heterocycles. The molecule has 0 saturated carbocycles. The van der Waals surface area contributed by atoms with E-state index in [4.69, 9.17) is 0 Å². The fraction of sp³-hybridized carbons (Fsp3) is 0.372. The normalized spacial score (nSPS) is 11.3. The molecule has 19 nitrogen and oxygen atoms in total. The van der Waals surface area contributed by atoms with Crippen molar-refractivity contribution < 1.29 is 33.6 Å². The molecule has 348 valence electrons. The Labute approximate surface area is 397 Å². The SMILES string of the molecule is CN(C)CCC(C)(C)CNC(=O)CCNC(=O)c1cc(NC(=O)c2cc(NC(=O)CCNC(=O)c3cc(NC(=O)c4cc(NC(=O)c5cc(Br)c(Br)s5)cn4C)cn3C)cn2C)cn1C. The van der Waals surface area contributed by atoms with Crippen molar-refractivity contribution in [2.75, 3.05) is 61.5 Å². The first kappa shape index (κ1) is 50.0. The van der Waals surface area contributed by atoms with Gasteiger partial charge in [0.1, 0.15) is 22.8 Å². The van der Waals surface area contributed by atoms with E-state index in [-0.39, 0.29) is 65.9 Å². The number of anilines is 4. The van der Waals surface area contributed by atoms with Gasteiger partial charge in [-0.25, -0.2) is 0 Å². The summed E-state index contributed by atoms with van der Waals surface area (Å²) < 4.78 is 7.78. The van der Waals surface area contributed by atoms with Crippen LogP contribution in [0.2, 0.25) is 0 Å². The van der Waals surface area contributed by atoms with E-state index in [0.717, 1.165) is 21.2 Å². The number of carbonyl (C=O) groups excluding carboxylic acids is 7. The van der Waals surface area contributed by atoms with Gasteiger partial charge >= 0.3 is 0 Å². The van der Waals surface area contributed by atoms with Crippen LogP contribution in [-0.4, -0.2) is 105 Å². The quantitative estimate of drug-likeness (QED) is 0.0536. The highest BCUT2D eigenvalue weighted by molar-refractivity contribution is 9.13. The van der Waals surface area contributed by atoms with E-state index in [1.165, 1.54) is 29.5 Å². The minimum Gasteiger partial charge on any atom is -0.356 e. The summed E-state index contributed by atoms with van der Waals surface area (Å²) in [6.45, 7) is 5.79. The Morgan fingerprint density at radius 1 is 0.569 bits per heavy atom. The van der Waals surface area contributed by atoms with Crippen molar-refractivity contribution in [3.05, 3.63) is 91.0 Å². The van der Waals surface area contributed by atoms with Crippen LogP contribution in [0, 0.1) is 5.41 Å². The molecular formula is C43H54Br2N12O7S. The maximum Gasteiger partial charge on any atom is 0.272 e. The molecule has 5 heterocycles. The Balaban J connectivity index is 1.04. The number of aryl methyl sites for hydroxylation is 4. The van der Waals surface area contributed by atoms with Gasteiger partial charge in [-0.3, -0.25) is 33.6 Å². The Morgan fingerprint density at radius 3 is 1.38 bits per heavy atom. The Kier molecular flexibility index (Phi) is 16.8. The number of hydrogen-bond donors (Lipinski definition) is 7. The molecule has 7 N–H and O–H groups in total. The summed E-state index contributed by atoms with van der Waals surface area (Å²) in [6, 6.07) is 7.78. The average molecular weight is 1040 g/mol. The number of halogens is 2. The van der Waals surface area contributed by atoms with Gasteiger partial charge in [-0.1, -0.05) is 13.8 Å². The van der Waals surface area contributed by atoms with E-state index >= 15 is 0 Å². The second kappa shape index (κ2) is 21.8. The molecule has 0 aliphatic carbocycles. The van der Waals surface area contributed by atoms with E-state index in [1.807, 2.05) is 14.1 Å². The molecule has 7 amide bonds. The van der Waals surface area contributed by atoms with E-state index in [9.17, 15) is 33.6 Å². The van der Waals surface area contributed by atoms with Crippen molar-refractivity contribution in [2.24, 2.45) is 33.6 Å². The largest absolute Gasteiger partial charge is 0.356 e. The molecule has 0 atom stereocenters. The molecule has 5 aromatic heterocycles. The van der Waals surface area contributed by atoms with Crippen LogP contribution >= 0.6 is 43.2 Å². The number of nitrogens with one attached hydrogen (secondary N) is 7. The summed E-state index contributed by atoms with van der Waals surface area (Å²) >= 11 is 8.02. The second-order valence-electron chi connectivity index (χ2n) is 16.5. The van der Waals surface area contributed by atoms with Crippen molar-refractivity contribution in [3.8, 4) is 0 Å². The fourth-order valence-electron chi connectivity index (χ4n) is 6.50. The summed E-state index contributed by atoms with van der Waals surface area (Å²) in [5.41, 5.74) is 2.51. The molecule has 65 heavy (non-hydrogen) atoms. The molecule has 5 aromatic rings. The van der Waals surface area contributed by atoms with Gasteiger partial charge in [0.2, 0.25) is 11.8 Å². The Hall–Kier alpha value is -5.97. The molecule has 0 spiro atoms. The molecule has 0 aromatic carbocycles. The molecular weight excluding hydrogens is 988 g/mol. The van der Waals surface area contributed by atoms with Gasteiger partial charge in [-0.15, -0.1) is 11.3 Å². The Bertz CT molecular complexity index is 2580. The highest BCUT2D eigenvalue weighted by Crippen LogP contribution is 2.33. The van der Waals surface area contributed by atoms with Gasteiger partial charge in [0.25, 0.3) is 29.5 Å². The highest BCUT2D eigenvalue weighted by Gasteiger charge is 2.22. The van der Waals surface area contributed by atoms with Crippen LogP contribution < -0.4 is 37.2 Å². The molecule has 0 aliphatic heterocycles. The lowest BCUT2D eigenvalue weighted by Gasteiger charge is -2.26. The van der Waals surface area contributed by atoms with Crippen LogP contribution in [0.25, 0.3) is 0 Å². The summed E-state index contributed by atoms with van der Waals surface area (Å²) in [4.78, 5) is 92.9. The zero-order valence-corrected chi connectivity index (χ0v) is 41.4. The van der Waals surface area contributed by atoms with E-state index < -0.39 is 29.5 Å². The van der Waals surface area contributed by atoms with Crippen molar-refractivity contribution in [1.29, 1.82) is 0 Å². The van der Waals surface area contributed by atoms with Crippen LogP contribution in [-0.2, 0) is 37.8 Å². The van der Waals surface area contributed by atoms with Crippen LogP contribution in [0.4, 0.5) is 22.7 Å². The van der Waals surface area contributed by atoms with Crippen molar-refractivity contribution in [1.82, 2.24) is 39.1 Å². The Morgan fingerprint density at radius 2 is 0.969 bits per heavy atom. The maximum absolute atomic E-state index is 13.2. The number of nitrogens with zero attached hydrogens (tertiary/aromatic N) is 5. The molecule has 0 unspecified atom stereocenters. The molecule has 22 heteroatoms. The first-order chi connectivity index (χ1) is 30.6. The first-order valence-electron chi connectivity index (χ1n) is 20.4. The molecule has 5 rings (SSSR count). The van der Waals surface area contributed by atoms with Gasteiger partial charge < -0.3 is 60.4 Å². The minimum atomic E-state index is -0.477. The van der Waals surface area contributed by atoms with Gasteiger partial charge in [0, 0.05) is 89.9 Å². The van der Waals surface area contributed by atoms with Crippen molar-refractivity contribution in [3.63, 3.8) is 0 Å². The van der Waals surface area contributed by atoms with Gasteiger partial charge in [0.05, 0.1) is 31.4 Å². The lowest BCUT2D eigenvalue weighted by molar-refractivity contribution is -0.121. The summed E-state index contributed by atoms with van der Waals surface area (Å²) in [7, 11) is 10.7. The van der Waals surface area contributed by atoms with Gasteiger partial charge in [-0.2, -0.15) is 0 Å². The van der Waals surface area contributed by atoms with Crippen LogP contribution in [0.5, 0.6) is 0 Å². The highest BCUT2D eigenvalue weighted by atomic mass is 79.9. The van der Waals surface area contributed by atoms with Crippen molar-refractivity contribution >= 4 is 107 Å². The van der Waals surface area contributed by atoms with E-state index in [0.29, 0.717) is 34.2 Å². The predicted octanol–water partition coefficient (Wildman–Crippen LogP) is 5.36. The fourth-order valence-corrected chi connectivity index (χ4v) is 8.43. The topological polar surface area (TPSA) is 227 Å². The molecule has 0 aliphatic rings. The standard InChI is InChI=1S/C43H54Br2N12O7S/c1-43(2,11-14-53(3)4)24-48-35(58)9-12-46-38(60)30-16-26(21-54(30)5)50-40(62)32-15-25(20-56(32)7)49-36(59)10-13-47-39(61)31-17-27(22-55(31)6)51-41(63)33-18-28(23-57(33)8)52-42(64)34-19-29(44)37(45)65-34/h15-23H,9-14,24H2,1-8H3,(H,46,60)(H,47,61)(H,48,58)(H,49,59)(H,50,62)(H,51,63)(H,52,64). The zero-order chi connectivity index (χ0) is 47.7. The number of aromatic nitrogens is 4. The monoisotopic (exact) mass is 1040 g/mol. The van der Waals surface area contributed by atoms with Crippen molar-refractivity contribution in [2.45, 2.75) is 33.1 Å².